The number of ether oxygens (including phenoxy) is 2. The minimum atomic E-state index is -1.08. The first-order valence-electron chi connectivity index (χ1n) is 11.0. The molecule has 2 amide bonds. The summed E-state index contributed by atoms with van der Waals surface area (Å²) < 4.78 is 11.3. The van der Waals surface area contributed by atoms with Crippen molar-refractivity contribution in [3.8, 4) is 0 Å². The van der Waals surface area contributed by atoms with Crippen molar-refractivity contribution in [3.63, 3.8) is 0 Å². The Bertz CT molecular complexity index is 919. The van der Waals surface area contributed by atoms with Crippen LogP contribution in [0.4, 0.5) is 4.79 Å². The lowest BCUT2D eigenvalue weighted by molar-refractivity contribution is -0.153. The summed E-state index contributed by atoms with van der Waals surface area (Å²) in [6, 6.07) is 4.51. The van der Waals surface area contributed by atoms with Gasteiger partial charge < -0.3 is 24.8 Å². The van der Waals surface area contributed by atoms with Crippen LogP contribution in [0.1, 0.15) is 58.3 Å². The number of carbonyl (C=O) groups is 4. The van der Waals surface area contributed by atoms with Gasteiger partial charge in [0.15, 0.2) is 12.4 Å². The molecule has 1 fully saturated rings. The topological polar surface area (TPSA) is 122 Å². The number of nitrogens with zero attached hydrogens (tertiary/aromatic N) is 1. The summed E-state index contributed by atoms with van der Waals surface area (Å²) >= 11 is 3.29. The van der Waals surface area contributed by atoms with E-state index in [1.54, 1.807) is 65.8 Å². The molecule has 0 aromatic heterocycles. The number of hydrogen-bond donors (Lipinski definition) is 2. The van der Waals surface area contributed by atoms with Gasteiger partial charge in [-0.2, -0.15) is 0 Å². The maximum absolute atomic E-state index is 13.4. The summed E-state index contributed by atoms with van der Waals surface area (Å²) in [5.41, 5.74) is -1.09. The molecular weight excluding hydrogens is 508 g/mol. The fourth-order valence-electron chi connectivity index (χ4n) is 3.47. The lowest BCUT2D eigenvalue weighted by atomic mass is 9.85. The first-order chi connectivity index (χ1) is 15.6. The molecule has 2 rings (SSSR count). The van der Waals surface area contributed by atoms with Gasteiger partial charge in [0.2, 0.25) is 5.91 Å². The molecule has 188 valence electrons. The Morgan fingerprint density at radius 1 is 1.12 bits per heavy atom. The van der Waals surface area contributed by atoms with Gasteiger partial charge in [0.1, 0.15) is 17.7 Å². The van der Waals surface area contributed by atoms with Crippen molar-refractivity contribution in [3.05, 3.63) is 34.3 Å². The Morgan fingerprint density at radius 2 is 1.71 bits per heavy atom. The number of alkyl carbamates (subject to hydrolysis) is 1. The Kier molecular flexibility index (Phi) is 8.87. The monoisotopic (exact) mass is 540 g/mol. The molecule has 1 aromatic carbocycles. The molecule has 0 bridgehead atoms. The second kappa shape index (κ2) is 10.9. The summed E-state index contributed by atoms with van der Waals surface area (Å²) in [5, 5.41) is 12.8. The third kappa shape index (κ3) is 7.80. The van der Waals surface area contributed by atoms with Gasteiger partial charge in [-0.25, -0.2) is 9.59 Å². The zero-order valence-corrected chi connectivity index (χ0v) is 22.0. The van der Waals surface area contributed by atoms with E-state index in [4.69, 9.17) is 9.47 Å². The number of amides is 2. The molecular formula is C24H33BrN2O7. The van der Waals surface area contributed by atoms with Gasteiger partial charge in [-0.3, -0.25) is 9.59 Å². The largest absolute Gasteiger partial charge is 0.456 e. The van der Waals surface area contributed by atoms with Crippen LogP contribution in [0.15, 0.2) is 28.7 Å². The zero-order chi connectivity index (χ0) is 25.8. The third-order valence-electron chi connectivity index (χ3n) is 5.12. The summed E-state index contributed by atoms with van der Waals surface area (Å²) in [4.78, 5) is 52.1. The van der Waals surface area contributed by atoms with Crippen LogP contribution in [0, 0.1) is 5.41 Å². The maximum atomic E-state index is 13.4. The summed E-state index contributed by atoms with van der Waals surface area (Å²) in [5.74, 6) is -1.73. The van der Waals surface area contributed by atoms with Gasteiger partial charge >= 0.3 is 12.1 Å². The molecule has 3 atom stereocenters. The molecule has 0 spiro atoms. The smallest absolute Gasteiger partial charge is 0.408 e. The molecule has 1 aliphatic heterocycles. The normalized spacial score (nSPS) is 19.4. The minimum absolute atomic E-state index is 0.0274. The molecule has 1 aliphatic rings. The zero-order valence-electron chi connectivity index (χ0n) is 20.4. The van der Waals surface area contributed by atoms with E-state index in [-0.39, 0.29) is 13.0 Å². The van der Waals surface area contributed by atoms with E-state index in [1.165, 1.54) is 4.90 Å². The Hall–Kier alpha value is -2.46. The number of aliphatic hydroxyl groups excluding tert-OH is 1. The van der Waals surface area contributed by atoms with Crippen molar-refractivity contribution in [1.29, 1.82) is 0 Å². The fraction of sp³-hybridized carbons (Fsp3) is 0.583. The predicted molar refractivity (Wildman–Crippen MR) is 128 cm³/mol. The molecule has 2 N–H and O–H groups in total. The first-order valence-corrected chi connectivity index (χ1v) is 11.8. The number of likely N-dealkylation sites (tertiary alicyclic amines) is 1. The molecule has 0 saturated carbocycles. The van der Waals surface area contributed by atoms with Gasteiger partial charge in [-0.15, -0.1) is 0 Å². The highest BCUT2D eigenvalue weighted by atomic mass is 79.9. The number of ketones is 1. The summed E-state index contributed by atoms with van der Waals surface area (Å²) in [6.07, 6.45) is -1.73. The molecule has 10 heteroatoms. The summed E-state index contributed by atoms with van der Waals surface area (Å²) in [6.45, 7) is 9.84. The van der Waals surface area contributed by atoms with Gasteiger partial charge in [0, 0.05) is 23.0 Å². The van der Waals surface area contributed by atoms with Crippen molar-refractivity contribution in [2.45, 2.75) is 71.8 Å². The lowest BCUT2D eigenvalue weighted by Crippen LogP contribution is -2.57. The van der Waals surface area contributed by atoms with Crippen LogP contribution in [0.25, 0.3) is 0 Å². The highest BCUT2D eigenvalue weighted by Gasteiger charge is 2.45. The van der Waals surface area contributed by atoms with Crippen molar-refractivity contribution in [1.82, 2.24) is 10.2 Å². The number of nitrogens with one attached hydrogen (secondary N) is 1. The van der Waals surface area contributed by atoms with E-state index >= 15 is 0 Å². The number of aliphatic hydroxyl groups is 1. The van der Waals surface area contributed by atoms with Gasteiger partial charge in [-0.05, 0) is 38.3 Å². The van der Waals surface area contributed by atoms with Crippen LogP contribution in [0.5, 0.6) is 0 Å². The van der Waals surface area contributed by atoms with Crippen LogP contribution >= 0.6 is 15.9 Å². The number of halogens is 1. The van der Waals surface area contributed by atoms with E-state index in [9.17, 15) is 24.3 Å². The van der Waals surface area contributed by atoms with Crippen molar-refractivity contribution >= 4 is 39.7 Å². The highest BCUT2D eigenvalue weighted by Crippen LogP contribution is 2.27. The van der Waals surface area contributed by atoms with E-state index < -0.39 is 59.6 Å². The van der Waals surface area contributed by atoms with E-state index in [0.717, 1.165) is 4.47 Å². The minimum Gasteiger partial charge on any atom is -0.456 e. The van der Waals surface area contributed by atoms with E-state index in [2.05, 4.69) is 21.2 Å². The van der Waals surface area contributed by atoms with Gasteiger partial charge in [0.25, 0.3) is 0 Å². The van der Waals surface area contributed by atoms with E-state index in [0.29, 0.717) is 5.56 Å². The maximum Gasteiger partial charge on any atom is 0.408 e. The molecule has 1 heterocycles. The number of Topliss-reactive ketones (excluding diaryl/α,β-unsaturated/α-hetero) is 1. The average Bonchev–Trinajstić information content (AvgIpc) is 3.09. The Morgan fingerprint density at radius 3 is 2.24 bits per heavy atom. The first kappa shape index (κ1) is 27.8. The number of carbonyl (C=O) groups excluding carboxylic acids is 4. The van der Waals surface area contributed by atoms with Crippen LogP contribution in [-0.2, 0) is 19.1 Å². The molecule has 1 saturated heterocycles. The summed E-state index contributed by atoms with van der Waals surface area (Å²) in [7, 11) is 0. The second-order valence-corrected chi connectivity index (χ2v) is 11.3. The number of β-amino-alcohol motifs (C(OH)–C–C–N with tert-alkyl or cyclic N) is 1. The van der Waals surface area contributed by atoms with Crippen LogP contribution in [-0.4, -0.2) is 70.7 Å². The second-order valence-electron chi connectivity index (χ2n) is 10.4. The molecule has 1 aromatic rings. The Balaban J connectivity index is 2.12. The SMILES string of the molecule is CC(C)(C)OC(=O)NC(C(=O)N1C[C@H](O)C[C@H]1C(=O)OCC(=O)c1ccc(Br)cc1)C(C)(C)C. The van der Waals surface area contributed by atoms with E-state index in [1.807, 2.05) is 0 Å². The number of hydrogen-bond acceptors (Lipinski definition) is 7. The standard InChI is InChI=1S/C24H33BrN2O7/c1-23(2,3)19(26-22(32)34-24(4,5)6)20(30)27-12-16(28)11-17(27)21(31)33-13-18(29)14-7-9-15(25)10-8-14/h7-10,16-17,19,28H,11-13H2,1-6H3,(H,26,32)/t16-,17+,19?/m1/s1. The third-order valence-corrected chi connectivity index (χ3v) is 5.65. The highest BCUT2D eigenvalue weighted by molar-refractivity contribution is 9.10. The van der Waals surface area contributed by atoms with Crippen LogP contribution < -0.4 is 5.32 Å². The molecule has 1 unspecified atom stereocenters. The van der Waals surface area contributed by atoms with Crippen LogP contribution in [0.2, 0.25) is 0 Å². The van der Waals surface area contributed by atoms with Crippen LogP contribution in [0.3, 0.4) is 0 Å². The van der Waals surface area contributed by atoms with Crippen molar-refractivity contribution < 1.29 is 33.8 Å². The van der Waals surface area contributed by atoms with Gasteiger partial charge in [0.05, 0.1) is 6.10 Å². The molecule has 34 heavy (non-hydrogen) atoms. The number of rotatable bonds is 6. The number of esters is 1. The Labute approximate surface area is 208 Å². The van der Waals surface area contributed by atoms with Crippen molar-refractivity contribution in [2.24, 2.45) is 5.41 Å². The van der Waals surface area contributed by atoms with Gasteiger partial charge in [-0.1, -0.05) is 48.8 Å². The molecule has 0 aliphatic carbocycles. The number of benzene rings is 1. The average molecular weight is 541 g/mol. The fourth-order valence-corrected chi connectivity index (χ4v) is 3.74. The molecule has 0 radical (unpaired) electrons. The quantitative estimate of drug-likeness (QED) is 0.419. The molecule has 9 nitrogen and oxygen atoms in total. The van der Waals surface area contributed by atoms with Crippen molar-refractivity contribution in [2.75, 3.05) is 13.2 Å². The lowest BCUT2D eigenvalue weighted by Gasteiger charge is -2.35. The predicted octanol–water partition coefficient (Wildman–Crippen LogP) is 3.08.